The number of ether oxygens (including phenoxy) is 1. The molecule has 0 aliphatic carbocycles. The van der Waals surface area contributed by atoms with Crippen LogP contribution in [0.1, 0.15) is 25.7 Å². The third-order valence-corrected chi connectivity index (χ3v) is 5.50. The van der Waals surface area contributed by atoms with Crippen molar-refractivity contribution in [3.63, 3.8) is 0 Å². The Labute approximate surface area is 153 Å². The lowest BCUT2D eigenvalue weighted by Gasteiger charge is -2.35. The Morgan fingerprint density at radius 2 is 2.00 bits per heavy atom. The summed E-state index contributed by atoms with van der Waals surface area (Å²) >= 11 is 0. The topological polar surface area (TPSA) is 65.2 Å². The van der Waals surface area contributed by atoms with Crippen molar-refractivity contribution in [3.8, 4) is 5.82 Å². The number of likely N-dealkylation sites (tertiary alicyclic amines) is 1. The highest BCUT2D eigenvalue weighted by molar-refractivity contribution is 5.17. The van der Waals surface area contributed by atoms with Gasteiger partial charge in [-0.05, 0) is 62.7 Å². The van der Waals surface area contributed by atoms with E-state index in [1.165, 1.54) is 12.8 Å². The van der Waals surface area contributed by atoms with E-state index in [4.69, 9.17) is 4.74 Å². The Morgan fingerprint density at radius 3 is 2.73 bits per heavy atom. The van der Waals surface area contributed by atoms with Crippen LogP contribution in [0.4, 0.5) is 0 Å². The second-order valence-corrected chi connectivity index (χ2v) is 7.49. The van der Waals surface area contributed by atoms with Crippen molar-refractivity contribution in [2.24, 2.45) is 11.8 Å². The summed E-state index contributed by atoms with van der Waals surface area (Å²) in [5.41, 5.74) is -0.0392. The summed E-state index contributed by atoms with van der Waals surface area (Å²) in [6.45, 7) is 5.90. The van der Waals surface area contributed by atoms with Crippen LogP contribution in [0.15, 0.2) is 35.4 Å². The van der Waals surface area contributed by atoms with Crippen LogP contribution in [0.2, 0.25) is 0 Å². The van der Waals surface area contributed by atoms with E-state index in [0.717, 1.165) is 45.7 Å². The van der Waals surface area contributed by atoms with Gasteiger partial charge in [-0.25, -0.2) is 9.36 Å². The number of piperidine rings is 1. The van der Waals surface area contributed by atoms with Crippen LogP contribution in [0.3, 0.4) is 0 Å². The predicted octanol–water partition coefficient (Wildman–Crippen LogP) is 1.57. The molecule has 0 bridgehead atoms. The molecule has 7 heteroatoms. The van der Waals surface area contributed by atoms with Gasteiger partial charge in [-0.15, -0.1) is 5.10 Å². The Morgan fingerprint density at radius 1 is 1.12 bits per heavy atom. The molecule has 1 atom stereocenters. The Kier molecular flexibility index (Phi) is 5.45. The lowest BCUT2D eigenvalue weighted by atomic mass is 9.94. The van der Waals surface area contributed by atoms with Crippen molar-refractivity contribution >= 4 is 0 Å². The minimum atomic E-state index is -0.0392. The molecule has 0 aromatic carbocycles. The van der Waals surface area contributed by atoms with E-state index in [0.29, 0.717) is 24.2 Å². The van der Waals surface area contributed by atoms with E-state index >= 15 is 0 Å². The molecule has 0 saturated carbocycles. The minimum absolute atomic E-state index is 0.0392. The molecule has 0 N–H and O–H groups in total. The maximum atomic E-state index is 12.2. The summed E-state index contributed by atoms with van der Waals surface area (Å²) in [5.74, 6) is 1.88. The summed E-state index contributed by atoms with van der Waals surface area (Å²) in [4.78, 5) is 14.7. The van der Waals surface area contributed by atoms with E-state index in [1.807, 2.05) is 12.3 Å². The summed E-state index contributed by atoms with van der Waals surface area (Å²) in [6.07, 6.45) is 8.28. The van der Waals surface area contributed by atoms with Gasteiger partial charge < -0.3 is 9.64 Å². The van der Waals surface area contributed by atoms with Gasteiger partial charge in [0.2, 0.25) is 0 Å². The fourth-order valence-electron chi connectivity index (χ4n) is 4.01. The molecule has 2 fully saturated rings. The fourth-order valence-corrected chi connectivity index (χ4v) is 4.01. The first-order valence-electron chi connectivity index (χ1n) is 9.66. The highest BCUT2D eigenvalue weighted by Crippen LogP contribution is 2.22. The summed E-state index contributed by atoms with van der Waals surface area (Å²) in [7, 11) is 0. The Hall–Kier alpha value is -1.99. The van der Waals surface area contributed by atoms with Gasteiger partial charge in [0.1, 0.15) is 0 Å². The normalized spacial score (nSPS) is 22.5. The molecular weight excluding hydrogens is 330 g/mol. The molecular formula is C19H27N5O2. The standard InChI is InChI=1S/C19H27N5O2/c25-19-5-4-18(23-9-2-8-20-23)21-24(19)14-16-6-10-22(11-7-16)13-17-3-1-12-26-15-17/h2,4-5,8-9,16-17H,1,3,6-7,10-15H2. The van der Waals surface area contributed by atoms with Gasteiger partial charge in [0.05, 0.1) is 6.61 Å². The molecule has 140 valence electrons. The van der Waals surface area contributed by atoms with Crippen LogP contribution in [-0.2, 0) is 11.3 Å². The van der Waals surface area contributed by atoms with Crippen LogP contribution in [0, 0.1) is 11.8 Å². The molecule has 4 heterocycles. The maximum Gasteiger partial charge on any atom is 0.266 e. The zero-order chi connectivity index (χ0) is 17.8. The third kappa shape index (κ3) is 4.22. The van der Waals surface area contributed by atoms with Crippen LogP contribution in [0.25, 0.3) is 5.82 Å². The Bertz CT molecular complexity index is 744. The lowest BCUT2D eigenvalue weighted by molar-refractivity contribution is 0.0319. The molecule has 7 nitrogen and oxygen atoms in total. The molecule has 4 rings (SSSR count). The van der Waals surface area contributed by atoms with Crippen molar-refractivity contribution in [1.82, 2.24) is 24.5 Å². The second kappa shape index (κ2) is 8.14. The van der Waals surface area contributed by atoms with Gasteiger partial charge in [-0.3, -0.25) is 4.79 Å². The van der Waals surface area contributed by atoms with Crippen molar-refractivity contribution in [2.75, 3.05) is 32.8 Å². The molecule has 0 radical (unpaired) electrons. The monoisotopic (exact) mass is 357 g/mol. The van der Waals surface area contributed by atoms with Crippen LogP contribution in [0.5, 0.6) is 0 Å². The number of nitrogens with zero attached hydrogens (tertiary/aromatic N) is 5. The molecule has 2 aromatic rings. The average molecular weight is 357 g/mol. The molecule has 2 aromatic heterocycles. The molecule has 2 saturated heterocycles. The molecule has 0 spiro atoms. The first-order chi connectivity index (χ1) is 12.8. The molecule has 2 aliphatic heterocycles. The van der Waals surface area contributed by atoms with E-state index in [-0.39, 0.29) is 5.56 Å². The van der Waals surface area contributed by atoms with E-state index in [9.17, 15) is 4.79 Å². The summed E-state index contributed by atoms with van der Waals surface area (Å²) in [5, 5.41) is 8.69. The first kappa shape index (κ1) is 17.4. The van der Waals surface area contributed by atoms with Crippen molar-refractivity contribution < 1.29 is 4.74 Å². The number of hydrogen-bond donors (Lipinski definition) is 0. The highest BCUT2D eigenvalue weighted by atomic mass is 16.5. The van der Waals surface area contributed by atoms with Gasteiger partial charge in [0.15, 0.2) is 5.82 Å². The third-order valence-electron chi connectivity index (χ3n) is 5.50. The second-order valence-electron chi connectivity index (χ2n) is 7.49. The van der Waals surface area contributed by atoms with Crippen molar-refractivity contribution in [3.05, 3.63) is 40.9 Å². The molecule has 2 aliphatic rings. The van der Waals surface area contributed by atoms with Gasteiger partial charge in [0, 0.05) is 38.2 Å². The Balaban J connectivity index is 1.33. The number of rotatable bonds is 5. The van der Waals surface area contributed by atoms with Gasteiger partial charge in [0.25, 0.3) is 5.56 Å². The zero-order valence-corrected chi connectivity index (χ0v) is 15.2. The van der Waals surface area contributed by atoms with Crippen LogP contribution >= 0.6 is 0 Å². The minimum Gasteiger partial charge on any atom is -0.381 e. The smallest absolute Gasteiger partial charge is 0.266 e. The highest BCUT2D eigenvalue weighted by Gasteiger charge is 2.23. The molecule has 26 heavy (non-hydrogen) atoms. The lowest BCUT2D eigenvalue weighted by Crippen LogP contribution is -2.40. The van der Waals surface area contributed by atoms with Crippen LogP contribution in [-0.4, -0.2) is 57.3 Å². The zero-order valence-electron chi connectivity index (χ0n) is 15.2. The first-order valence-corrected chi connectivity index (χ1v) is 9.66. The quantitative estimate of drug-likeness (QED) is 0.813. The van der Waals surface area contributed by atoms with E-state index < -0.39 is 0 Å². The van der Waals surface area contributed by atoms with Gasteiger partial charge in [-0.1, -0.05) is 0 Å². The molecule has 1 unspecified atom stereocenters. The predicted molar refractivity (Wildman–Crippen MR) is 98.3 cm³/mol. The number of aromatic nitrogens is 4. The van der Waals surface area contributed by atoms with E-state index in [1.54, 1.807) is 27.7 Å². The SMILES string of the molecule is O=c1ccc(-n2cccn2)nn1CC1CCN(CC2CCCOC2)CC1. The van der Waals surface area contributed by atoms with E-state index in [2.05, 4.69) is 15.1 Å². The molecule has 0 amide bonds. The van der Waals surface area contributed by atoms with Crippen LogP contribution < -0.4 is 5.56 Å². The summed E-state index contributed by atoms with van der Waals surface area (Å²) in [6, 6.07) is 5.16. The van der Waals surface area contributed by atoms with Gasteiger partial charge in [-0.2, -0.15) is 5.10 Å². The fraction of sp³-hybridized carbons (Fsp3) is 0.632. The van der Waals surface area contributed by atoms with Gasteiger partial charge >= 0.3 is 0 Å². The largest absolute Gasteiger partial charge is 0.381 e. The van der Waals surface area contributed by atoms with Crippen molar-refractivity contribution in [2.45, 2.75) is 32.2 Å². The van der Waals surface area contributed by atoms with Crippen molar-refractivity contribution in [1.29, 1.82) is 0 Å². The average Bonchev–Trinajstić information content (AvgIpc) is 3.21. The summed E-state index contributed by atoms with van der Waals surface area (Å²) < 4.78 is 8.89. The number of hydrogen-bond acceptors (Lipinski definition) is 5. The maximum absolute atomic E-state index is 12.2.